The van der Waals surface area contributed by atoms with Crippen LogP contribution in [-0.2, 0) is 11.3 Å². The lowest BCUT2D eigenvalue weighted by molar-refractivity contribution is -0.126. The number of aromatic nitrogens is 2. The molecule has 6 nitrogen and oxygen atoms in total. The molecule has 0 aliphatic heterocycles. The molecule has 5 rings (SSSR count). The Hall–Kier alpha value is -3.15. The summed E-state index contributed by atoms with van der Waals surface area (Å²) in [5.74, 6) is 1.34. The van der Waals surface area contributed by atoms with Crippen LogP contribution in [0.4, 0.5) is 0 Å². The van der Waals surface area contributed by atoms with Crippen molar-refractivity contribution >= 4 is 16.8 Å². The van der Waals surface area contributed by atoms with Crippen LogP contribution in [-0.4, -0.2) is 15.9 Å². The maximum Gasteiger partial charge on any atom is 0.258 e. The molecule has 2 aliphatic rings. The smallest absolute Gasteiger partial charge is 0.258 e. The number of rotatable bonds is 4. The van der Waals surface area contributed by atoms with E-state index in [-0.39, 0.29) is 35.1 Å². The molecule has 6 heteroatoms. The van der Waals surface area contributed by atoms with Crippen molar-refractivity contribution in [3.8, 4) is 0 Å². The van der Waals surface area contributed by atoms with Crippen molar-refractivity contribution in [3.05, 3.63) is 76.8 Å². The van der Waals surface area contributed by atoms with Crippen molar-refractivity contribution in [3.63, 3.8) is 0 Å². The molecular formula is C21H19N3O3. The zero-order valence-corrected chi connectivity index (χ0v) is 14.6. The van der Waals surface area contributed by atoms with Crippen LogP contribution >= 0.6 is 0 Å². The Morgan fingerprint density at radius 1 is 1.19 bits per heavy atom. The van der Waals surface area contributed by atoms with Crippen molar-refractivity contribution in [1.29, 1.82) is 0 Å². The van der Waals surface area contributed by atoms with Crippen LogP contribution in [0.25, 0.3) is 10.9 Å². The molecule has 2 N–H and O–H groups in total. The molecule has 2 aromatic heterocycles. The Kier molecular flexibility index (Phi) is 3.70. The summed E-state index contributed by atoms with van der Waals surface area (Å²) in [4.78, 5) is 33.1. The minimum absolute atomic E-state index is 0.0240. The first-order chi connectivity index (χ1) is 13.2. The van der Waals surface area contributed by atoms with Gasteiger partial charge in [-0.2, -0.15) is 0 Å². The first kappa shape index (κ1) is 16.1. The number of nitrogens with one attached hydrogen (secondary N) is 2. The predicted octanol–water partition coefficient (Wildman–Crippen LogP) is 2.74. The summed E-state index contributed by atoms with van der Waals surface area (Å²) in [6, 6.07) is 10.9. The Morgan fingerprint density at radius 2 is 2.04 bits per heavy atom. The summed E-state index contributed by atoms with van der Waals surface area (Å²) in [5.41, 5.74) is 0.509. The zero-order chi connectivity index (χ0) is 18.4. The normalized spacial score (nSPS) is 25.9. The SMILES string of the molecule is O=C(NCc1ccco1)C1C2C=CC(C2)C1c1nc2ccccc2c(=O)[nH]1. The van der Waals surface area contributed by atoms with Crippen molar-refractivity contribution in [1.82, 2.24) is 15.3 Å². The third-order valence-electron chi connectivity index (χ3n) is 5.73. The van der Waals surface area contributed by atoms with E-state index in [0.29, 0.717) is 23.3 Å². The molecule has 0 radical (unpaired) electrons. The minimum atomic E-state index is -0.237. The molecule has 0 saturated heterocycles. The van der Waals surface area contributed by atoms with E-state index < -0.39 is 0 Å². The van der Waals surface area contributed by atoms with Gasteiger partial charge in [0.1, 0.15) is 11.6 Å². The fraction of sp³-hybridized carbons (Fsp3) is 0.286. The highest BCUT2D eigenvalue weighted by atomic mass is 16.3. The van der Waals surface area contributed by atoms with Gasteiger partial charge in [0, 0.05) is 5.92 Å². The Bertz CT molecular complexity index is 1080. The van der Waals surface area contributed by atoms with Crippen LogP contribution in [0.2, 0.25) is 0 Å². The molecule has 1 saturated carbocycles. The third-order valence-corrected chi connectivity index (χ3v) is 5.73. The van der Waals surface area contributed by atoms with E-state index >= 15 is 0 Å². The Balaban J connectivity index is 1.48. The summed E-state index contributed by atoms with van der Waals surface area (Å²) in [7, 11) is 0. The van der Waals surface area contributed by atoms with Crippen LogP contribution < -0.4 is 10.9 Å². The highest BCUT2D eigenvalue weighted by Gasteiger charge is 2.49. The van der Waals surface area contributed by atoms with Crippen molar-refractivity contribution < 1.29 is 9.21 Å². The number of hydrogen-bond acceptors (Lipinski definition) is 4. The lowest BCUT2D eigenvalue weighted by Crippen LogP contribution is -2.37. The van der Waals surface area contributed by atoms with Crippen LogP contribution in [0.3, 0.4) is 0 Å². The first-order valence-electron chi connectivity index (χ1n) is 9.18. The Labute approximate surface area is 155 Å². The molecule has 0 spiro atoms. The second-order valence-electron chi connectivity index (χ2n) is 7.27. The van der Waals surface area contributed by atoms with Crippen molar-refractivity contribution in [2.45, 2.75) is 18.9 Å². The zero-order valence-electron chi connectivity index (χ0n) is 14.6. The Morgan fingerprint density at radius 3 is 2.89 bits per heavy atom. The third kappa shape index (κ3) is 2.68. The molecule has 1 amide bonds. The largest absolute Gasteiger partial charge is 0.467 e. The van der Waals surface area contributed by atoms with Gasteiger partial charge in [-0.15, -0.1) is 0 Å². The molecular weight excluding hydrogens is 342 g/mol. The van der Waals surface area contributed by atoms with Crippen LogP contribution in [0, 0.1) is 17.8 Å². The number of para-hydroxylation sites is 1. The standard InChI is InChI=1S/C21H19N3O3/c25-20-15-5-1-2-6-16(15)23-19(24-20)17-12-7-8-13(10-12)18(17)21(26)22-11-14-4-3-9-27-14/h1-9,12-13,17-18H,10-11H2,(H,22,26)(H,23,24,25). The number of fused-ring (bicyclic) bond motifs is 3. The molecule has 4 unspecified atom stereocenters. The van der Waals surface area contributed by atoms with Crippen LogP contribution in [0.15, 0.2) is 64.0 Å². The van der Waals surface area contributed by atoms with Gasteiger partial charge in [0.25, 0.3) is 5.56 Å². The highest BCUT2D eigenvalue weighted by Crippen LogP contribution is 2.52. The first-order valence-corrected chi connectivity index (χ1v) is 9.18. The highest BCUT2D eigenvalue weighted by molar-refractivity contribution is 5.81. The summed E-state index contributed by atoms with van der Waals surface area (Å²) < 4.78 is 5.30. The predicted molar refractivity (Wildman–Crippen MR) is 99.9 cm³/mol. The van der Waals surface area contributed by atoms with E-state index in [0.717, 1.165) is 12.2 Å². The number of H-pyrrole nitrogens is 1. The van der Waals surface area contributed by atoms with Gasteiger partial charge < -0.3 is 14.7 Å². The van der Waals surface area contributed by atoms with Gasteiger partial charge in [0.05, 0.1) is 29.6 Å². The number of allylic oxidation sites excluding steroid dienone is 2. The average Bonchev–Trinajstić information content (AvgIpc) is 3.43. The summed E-state index contributed by atoms with van der Waals surface area (Å²) >= 11 is 0. The minimum Gasteiger partial charge on any atom is -0.467 e. The number of carbonyl (C=O) groups excluding carboxylic acids is 1. The number of furan rings is 1. The molecule has 3 aromatic rings. The molecule has 2 heterocycles. The van der Waals surface area contributed by atoms with Crippen LogP contribution in [0.1, 0.15) is 23.9 Å². The van der Waals surface area contributed by atoms with E-state index in [1.165, 1.54) is 0 Å². The van der Waals surface area contributed by atoms with Gasteiger partial charge in [0.2, 0.25) is 5.91 Å². The number of nitrogens with zero attached hydrogens (tertiary/aromatic N) is 1. The quantitative estimate of drug-likeness (QED) is 0.700. The molecule has 27 heavy (non-hydrogen) atoms. The van der Waals surface area contributed by atoms with Gasteiger partial charge in [-0.1, -0.05) is 24.3 Å². The fourth-order valence-electron chi connectivity index (χ4n) is 4.52. The lowest BCUT2D eigenvalue weighted by Gasteiger charge is -2.26. The number of hydrogen-bond donors (Lipinski definition) is 2. The maximum absolute atomic E-state index is 13.0. The fourth-order valence-corrected chi connectivity index (χ4v) is 4.52. The average molecular weight is 361 g/mol. The van der Waals surface area contributed by atoms with E-state index in [1.54, 1.807) is 18.4 Å². The van der Waals surface area contributed by atoms with E-state index in [4.69, 9.17) is 9.40 Å². The summed E-state index contributed by atoms with van der Waals surface area (Å²) in [5, 5.41) is 3.55. The second kappa shape index (κ2) is 6.23. The van der Waals surface area contributed by atoms with Gasteiger partial charge >= 0.3 is 0 Å². The van der Waals surface area contributed by atoms with Crippen molar-refractivity contribution in [2.24, 2.45) is 17.8 Å². The second-order valence-corrected chi connectivity index (χ2v) is 7.27. The van der Waals surface area contributed by atoms with Crippen LogP contribution in [0.5, 0.6) is 0 Å². The molecule has 1 fully saturated rings. The monoisotopic (exact) mass is 361 g/mol. The molecule has 136 valence electrons. The number of benzene rings is 1. The summed E-state index contributed by atoms with van der Waals surface area (Å²) in [6.07, 6.45) is 6.78. The molecule has 2 aliphatic carbocycles. The van der Waals surface area contributed by atoms with Gasteiger partial charge in [-0.3, -0.25) is 9.59 Å². The van der Waals surface area contributed by atoms with Gasteiger partial charge in [0.15, 0.2) is 0 Å². The van der Waals surface area contributed by atoms with Gasteiger partial charge in [-0.25, -0.2) is 4.98 Å². The van der Waals surface area contributed by atoms with E-state index in [1.807, 2.05) is 24.3 Å². The van der Waals surface area contributed by atoms with E-state index in [2.05, 4.69) is 22.5 Å². The molecule has 1 aromatic carbocycles. The maximum atomic E-state index is 13.0. The number of carbonyl (C=O) groups is 1. The number of aromatic amines is 1. The molecule has 4 atom stereocenters. The lowest BCUT2D eigenvalue weighted by atomic mass is 9.81. The van der Waals surface area contributed by atoms with Crippen molar-refractivity contribution in [2.75, 3.05) is 0 Å². The molecule has 2 bridgehead atoms. The van der Waals surface area contributed by atoms with E-state index in [9.17, 15) is 9.59 Å². The van der Waals surface area contributed by atoms with Gasteiger partial charge in [-0.05, 0) is 42.5 Å². The topological polar surface area (TPSA) is 88.0 Å². The summed E-state index contributed by atoms with van der Waals surface area (Å²) in [6.45, 7) is 0.359. The number of amides is 1.